The average molecular weight is 317 g/mol. The molecule has 0 saturated carbocycles. The zero-order valence-corrected chi connectivity index (χ0v) is 12.8. The maximum Gasteiger partial charge on any atom is 0.0416 e. The molecule has 0 aliphatic carbocycles. The van der Waals surface area contributed by atoms with E-state index in [-0.39, 0.29) is 0 Å². The highest BCUT2D eigenvalue weighted by Crippen LogP contribution is 2.33. The molecule has 1 fully saturated rings. The van der Waals surface area contributed by atoms with Crippen molar-refractivity contribution in [2.24, 2.45) is 5.73 Å². The van der Waals surface area contributed by atoms with Crippen LogP contribution < -0.4 is 5.73 Å². The van der Waals surface area contributed by atoms with Gasteiger partial charge in [-0.05, 0) is 61.3 Å². The predicted molar refractivity (Wildman–Crippen MR) is 78.5 cm³/mol. The van der Waals surface area contributed by atoms with Gasteiger partial charge in [0, 0.05) is 26.8 Å². The minimum Gasteiger partial charge on any atom is -0.330 e. The van der Waals surface area contributed by atoms with Gasteiger partial charge in [0.05, 0.1) is 0 Å². The summed E-state index contributed by atoms with van der Waals surface area (Å²) in [6, 6.07) is 3.47. The number of hydrogen-bond acceptors (Lipinski definition) is 3. The minimum absolute atomic E-state index is 0.531. The average Bonchev–Trinajstić information content (AvgIpc) is 2.76. The first kappa shape index (κ1) is 13.5. The van der Waals surface area contributed by atoms with Crippen LogP contribution in [0.4, 0.5) is 0 Å². The molecular weight excluding hydrogens is 296 g/mol. The molecule has 0 aromatic carbocycles. The van der Waals surface area contributed by atoms with E-state index in [0.29, 0.717) is 12.1 Å². The van der Waals surface area contributed by atoms with E-state index < -0.39 is 0 Å². The first-order chi connectivity index (χ1) is 8.22. The van der Waals surface area contributed by atoms with E-state index in [2.05, 4.69) is 39.2 Å². The Morgan fingerprint density at radius 1 is 1.59 bits per heavy atom. The molecule has 2 heterocycles. The van der Waals surface area contributed by atoms with Gasteiger partial charge < -0.3 is 5.73 Å². The fourth-order valence-corrected chi connectivity index (χ4v) is 4.27. The van der Waals surface area contributed by atoms with Crippen molar-refractivity contribution in [3.05, 3.63) is 20.8 Å². The number of piperidine rings is 1. The summed E-state index contributed by atoms with van der Waals surface area (Å²) in [5.41, 5.74) is 5.73. The van der Waals surface area contributed by atoms with E-state index in [1.165, 1.54) is 35.2 Å². The highest BCUT2D eigenvalue weighted by atomic mass is 79.9. The summed E-state index contributed by atoms with van der Waals surface area (Å²) >= 11 is 5.39. The molecule has 2 atom stereocenters. The van der Waals surface area contributed by atoms with Crippen LogP contribution in [-0.2, 0) is 0 Å². The molecule has 1 aromatic heterocycles. The molecule has 1 aliphatic rings. The first-order valence-electron chi connectivity index (χ1n) is 6.42. The maximum absolute atomic E-state index is 5.73. The molecule has 0 amide bonds. The van der Waals surface area contributed by atoms with Gasteiger partial charge >= 0.3 is 0 Å². The highest BCUT2D eigenvalue weighted by molar-refractivity contribution is 9.10. The van der Waals surface area contributed by atoms with Gasteiger partial charge in [-0.3, -0.25) is 4.90 Å². The summed E-state index contributed by atoms with van der Waals surface area (Å²) in [5.74, 6) is 0. The van der Waals surface area contributed by atoms with Crippen molar-refractivity contribution in [1.29, 1.82) is 0 Å². The lowest BCUT2D eigenvalue weighted by Crippen LogP contribution is -2.41. The van der Waals surface area contributed by atoms with Gasteiger partial charge in [-0.2, -0.15) is 0 Å². The largest absolute Gasteiger partial charge is 0.330 e. The van der Waals surface area contributed by atoms with Gasteiger partial charge in [0.1, 0.15) is 0 Å². The number of hydrogen-bond donors (Lipinski definition) is 1. The number of likely N-dealkylation sites (tertiary alicyclic amines) is 1. The molecule has 0 radical (unpaired) electrons. The van der Waals surface area contributed by atoms with E-state index in [1.807, 2.05) is 11.3 Å². The maximum atomic E-state index is 5.73. The fraction of sp³-hybridized carbons (Fsp3) is 0.692. The van der Waals surface area contributed by atoms with Crippen LogP contribution in [0, 0.1) is 0 Å². The summed E-state index contributed by atoms with van der Waals surface area (Å²) in [7, 11) is 0. The summed E-state index contributed by atoms with van der Waals surface area (Å²) in [4.78, 5) is 4.11. The van der Waals surface area contributed by atoms with E-state index in [9.17, 15) is 0 Å². The Balaban J connectivity index is 2.07. The number of thiophene rings is 1. The Kier molecular flexibility index (Phi) is 5.03. The SMILES string of the molecule is CC(c1cc(Br)cs1)N1CCCCC1CCN. The third-order valence-corrected chi connectivity index (χ3v) is 5.53. The smallest absolute Gasteiger partial charge is 0.0416 e. The first-order valence-corrected chi connectivity index (χ1v) is 8.09. The van der Waals surface area contributed by atoms with Crippen molar-refractivity contribution >= 4 is 27.3 Å². The molecule has 1 aromatic rings. The molecule has 2 unspecified atom stereocenters. The zero-order valence-electron chi connectivity index (χ0n) is 10.4. The van der Waals surface area contributed by atoms with E-state index in [1.54, 1.807) is 0 Å². The summed E-state index contributed by atoms with van der Waals surface area (Å²) in [6.45, 7) is 4.36. The van der Waals surface area contributed by atoms with Crippen LogP contribution >= 0.6 is 27.3 Å². The Morgan fingerprint density at radius 2 is 2.41 bits per heavy atom. The second-order valence-electron chi connectivity index (χ2n) is 4.81. The summed E-state index contributed by atoms with van der Waals surface area (Å²) in [5, 5.41) is 2.17. The molecule has 96 valence electrons. The lowest BCUT2D eigenvalue weighted by molar-refractivity contribution is 0.100. The molecule has 2 rings (SSSR count). The van der Waals surface area contributed by atoms with Crippen molar-refractivity contribution in [3.8, 4) is 0 Å². The van der Waals surface area contributed by atoms with Crippen LogP contribution in [0.5, 0.6) is 0 Å². The second-order valence-corrected chi connectivity index (χ2v) is 6.67. The fourth-order valence-electron chi connectivity index (χ4n) is 2.75. The Labute approximate surface area is 116 Å². The van der Waals surface area contributed by atoms with E-state index >= 15 is 0 Å². The molecule has 4 heteroatoms. The number of nitrogens with two attached hydrogens (primary N) is 1. The zero-order chi connectivity index (χ0) is 12.3. The number of nitrogens with zero attached hydrogens (tertiary/aromatic N) is 1. The Bertz CT molecular complexity index is 351. The third-order valence-electron chi connectivity index (χ3n) is 3.67. The lowest BCUT2D eigenvalue weighted by Gasteiger charge is -2.39. The van der Waals surface area contributed by atoms with Crippen LogP contribution in [0.2, 0.25) is 0 Å². The molecule has 0 spiro atoms. The molecule has 0 bridgehead atoms. The van der Waals surface area contributed by atoms with Gasteiger partial charge in [-0.15, -0.1) is 11.3 Å². The van der Waals surface area contributed by atoms with Crippen molar-refractivity contribution in [2.75, 3.05) is 13.1 Å². The van der Waals surface area contributed by atoms with Gasteiger partial charge in [-0.1, -0.05) is 6.42 Å². The lowest BCUT2D eigenvalue weighted by atomic mass is 9.97. The van der Waals surface area contributed by atoms with Crippen LogP contribution in [0.3, 0.4) is 0 Å². The van der Waals surface area contributed by atoms with Gasteiger partial charge in [-0.25, -0.2) is 0 Å². The minimum atomic E-state index is 0.531. The van der Waals surface area contributed by atoms with E-state index in [0.717, 1.165) is 13.0 Å². The second kappa shape index (κ2) is 6.32. The summed E-state index contributed by atoms with van der Waals surface area (Å²) < 4.78 is 1.21. The molecule has 17 heavy (non-hydrogen) atoms. The topological polar surface area (TPSA) is 29.3 Å². The van der Waals surface area contributed by atoms with Crippen LogP contribution in [0.25, 0.3) is 0 Å². The van der Waals surface area contributed by atoms with Gasteiger partial charge in [0.2, 0.25) is 0 Å². The Hall–Kier alpha value is 0.1000. The quantitative estimate of drug-likeness (QED) is 0.916. The van der Waals surface area contributed by atoms with Crippen LogP contribution in [0.1, 0.15) is 43.5 Å². The number of rotatable bonds is 4. The van der Waals surface area contributed by atoms with Crippen LogP contribution in [0.15, 0.2) is 15.9 Å². The molecule has 2 nitrogen and oxygen atoms in total. The van der Waals surface area contributed by atoms with Crippen molar-refractivity contribution < 1.29 is 0 Å². The monoisotopic (exact) mass is 316 g/mol. The Morgan fingerprint density at radius 3 is 3.06 bits per heavy atom. The van der Waals surface area contributed by atoms with E-state index in [4.69, 9.17) is 5.73 Å². The van der Waals surface area contributed by atoms with Crippen LogP contribution in [-0.4, -0.2) is 24.0 Å². The number of halogens is 1. The van der Waals surface area contributed by atoms with Crippen molar-refractivity contribution in [1.82, 2.24) is 4.90 Å². The predicted octanol–water partition coefficient (Wildman–Crippen LogP) is 3.77. The van der Waals surface area contributed by atoms with Crippen molar-refractivity contribution in [3.63, 3.8) is 0 Å². The molecular formula is C13H21BrN2S. The van der Waals surface area contributed by atoms with Crippen molar-refractivity contribution in [2.45, 2.75) is 44.7 Å². The third kappa shape index (κ3) is 3.31. The molecule has 2 N–H and O–H groups in total. The molecule has 1 aliphatic heterocycles. The molecule has 1 saturated heterocycles. The summed E-state index contributed by atoms with van der Waals surface area (Å²) in [6.07, 6.45) is 5.14. The normalized spacial score (nSPS) is 23.8. The van der Waals surface area contributed by atoms with Gasteiger partial charge in [0.15, 0.2) is 0 Å². The van der Waals surface area contributed by atoms with Gasteiger partial charge in [0.25, 0.3) is 0 Å². The standard InChI is InChI=1S/C13H21BrN2S/c1-10(13-8-11(14)9-17-13)16-7-3-2-4-12(16)5-6-15/h8-10,12H,2-7,15H2,1H3. The highest BCUT2D eigenvalue weighted by Gasteiger charge is 2.27.